The summed E-state index contributed by atoms with van der Waals surface area (Å²) in [5, 5.41) is 1.81. The monoisotopic (exact) mass is 292 g/mol. The molecule has 0 aromatic heterocycles. The number of nitrogen functional groups attached to an aromatic ring is 1. The maximum Gasteiger partial charge on any atom is 0.243 e. The number of ether oxygens (including phenoxy) is 1. The molecular formula is C14H16N2O3S. The fourth-order valence-electron chi connectivity index (χ4n) is 2.34. The summed E-state index contributed by atoms with van der Waals surface area (Å²) in [5.41, 5.74) is 6.39. The van der Waals surface area contributed by atoms with Gasteiger partial charge in [0.2, 0.25) is 10.0 Å². The molecule has 2 aromatic carbocycles. The second-order valence-corrected chi connectivity index (χ2v) is 6.72. The first-order valence-electron chi connectivity index (χ1n) is 6.44. The maximum atomic E-state index is 12.5. The summed E-state index contributed by atoms with van der Waals surface area (Å²) in [6.07, 6.45) is 0. The van der Waals surface area contributed by atoms with Crippen LogP contribution in [0.25, 0.3) is 10.8 Å². The van der Waals surface area contributed by atoms with Crippen LogP contribution in [-0.4, -0.2) is 39.0 Å². The van der Waals surface area contributed by atoms with Gasteiger partial charge in [0, 0.05) is 18.8 Å². The Hall–Kier alpha value is -1.63. The lowest BCUT2D eigenvalue weighted by molar-refractivity contribution is 0.0730. The molecule has 0 radical (unpaired) electrons. The number of rotatable bonds is 2. The van der Waals surface area contributed by atoms with Crippen molar-refractivity contribution in [3.63, 3.8) is 0 Å². The number of nitrogens with two attached hydrogens (primary N) is 1. The number of anilines is 1. The first-order chi connectivity index (χ1) is 9.57. The molecule has 106 valence electrons. The van der Waals surface area contributed by atoms with E-state index in [0.29, 0.717) is 36.9 Å². The summed E-state index contributed by atoms with van der Waals surface area (Å²) < 4.78 is 31.7. The molecule has 1 heterocycles. The topological polar surface area (TPSA) is 72.6 Å². The number of hydrogen-bond donors (Lipinski definition) is 1. The van der Waals surface area contributed by atoms with E-state index in [0.717, 1.165) is 10.8 Å². The standard InChI is InChI=1S/C14H16N2O3S/c15-13-3-1-12-10-14(4-2-11(12)9-13)20(17,18)16-5-7-19-8-6-16/h1-4,9-10H,5-8,15H2. The zero-order valence-corrected chi connectivity index (χ0v) is 11.8. The molecule has 6 heteroatoms. The second kappa shape index (κ2) is 5.05. The molecule has 20 heavy (non-hydrogen) atoms. The fourth-order valence-corrected chi connectivity index (χ4v) is 3.78. The predicted molar refractivity (Wildman–Crippen MR) is 77.9 cm³/mol. The fraction of sp³-hybridized carbons (Fsp3) is 0.286. The van der Waals surface area contributed by atoms with Gasteiger partial charge in [-0.15, -0.1) is 0 Å². The molecule has 0 saturated carbocycles. The van der Waals surface area contributed by atoms with E-state index in [9.17, 15) is 8.42 Å². The molecule has 1 aliphatic heterocycles. The van der Waals surface area contributed by atoms with E-state index in [1.165, 1.54) is 4.31 Å². The van der Waals surface area contributed by atoms with Crippen molar-refractivity contribution in [1.29, 1.82) is 0 Å². The number of morpholine rings is 1. The highest BCUT2D eigenvalue weighted by Gasteiger charge is 2.26. The molecule has 0 unspecified atom stereocenters. The Morgan fingerprint density at radius 3 is 2.40 bits per heavy atom. The van der Waals surface area contributed by atoms with Gasteiger partial charge >= 0.3 is 0 Å². The van der Waals surface area contributed by atoms with Gasteiger partial charge in [-0.1, -0.05) is 12.1 Å². The number of fused-ring (bicyclic) bond motifs is 1. The minimum absolute atomic E-state index is 0.316. The van der Waals surface area contributed by atoms with Gasteiger partial charge in [-0.05, 0) is 35.0 Å². The van der Waals surface area contributed by atoms with Gasteiger partial charge in [0.15, 0.2) is 0 Å². The molecule has 1 aliphatic rings. The van der Waals surface area contributed by atoms with Gasteiger partial charge in [0.1, 0.15) is 0 Å². The second-order valence-electron chi connectivity index (χ2n) is 4.78. The van der Waals surface area contributed by atoms with E-state index in [1.54, 1.807) is 24.3 Å². The molecule has 0 bridgehead atoms. The van der Waals surface area contributed by atoms with Gasteiger partial charge in [0.25, 0.3) is 0 Å². The average molecular weight is 292 g/mol. The van der Waals surface area contributed by atoms with Crippen LogP contribution in [0.2, 0.25) is 0 Å². The first kappa shape index (κ1) is 13.4. The van der Waals surface area contributed by atoms with E-state index in [1.807, 2.05) is 12.1 Å². The van der Waals surface area contributed by atoms with E-state index < -0.39 is 10.0 Å². The van der Waals surface area contributed by atoms with Crippen molar-refractivity contribution in [1.82, 2.24) is 4.31 Å². The first-order valence-corrected chi connectivity index (χ1v) is 7.88. The van der Waals surface area contributed by atoms with Crippen LogP contribution in [0.4, 0.5) is 5.69 Å². The lowest BCUT2D eigenvalue weighted by Gasteiger charge is -2.26. The highest BCUT2D eigenvalue weighted by atomic mass is 32.2. The Morgan fingerprint density at radius 2 is 1.65 bits per heavy atom. The molecule has 0 atom stereocenters. The van der Waals surface area contributed by atoms with E-state index >= 15 is 0 Å². The Bertz CT molecular complexity index is 737. The Labute approximate surface area is 118 Å². The summed E-state index contributed by atoms with van der Waals surface area (Å²) in [6, 6.07) is 10.6. The van der Waals surface area contributed by atoms with Crippen LogP contribution in [0.5, 0.6) is 0 Å². The van der Waals surface area contributed by atoms with Crippen LogP contribution in [-0.2, 0) is 14.8 Å². The predicted octanol–water partition coefficient (Wildman–Crippen LogP) is 1.44. The van der Waals surface area contributed by atoms with Crippen molar-refractivity contribution in [2.75, 3.05) is 32.0 Å². The van der Waals surface area contributed by atoms with Gasteiger partial charge in [-0.25, -0.2) is 8.42 Å². The third-order valence-corrected chi connectivity index (χ3v) is 5.34. The number of nitrogens with zero attached hydrogens (tertiary/aromatic N) is 1. The third kappa shape index (κ3) is 2.37. The zero-order valence-electron chi connectivity index (χ0n) is 11.0. The molecule has 0 spiro atoms. The van der Waals surface area contributed by atoms with Crippen LogP contribution in [0.3, 0.4) is 0 Å². The van der Waals surface area contributed by atoms with Crippen LogP contribution in [0, 0.1) is 0 Å². The smallest absolute Gasteiger partial charge is 0.243 e. The van der Waals surface area contributed by atoms with Crippen molar-refractivity contribution in [2.24, 2.45) is 0 Å². The van der Waals surface area contributed by atoms with Crippen molar-refractivity contribution in [3.05, 3.63) is 36.4 Å². The van der Waals surface area contributed by atoms with Crippen molar-refractivity contribution < 1.29 is 13.2 Å². The molecule has 1 saturated heterocycles. The summed E-state index contributed by atoms with van der Waals surface area (Å²) >= 11 is 0. The summed E-state index contributed by atoms with van der Waals surface area (Å²) in [4.78, 5) is 0.316. The zero-order chi connectivity index (χ0) is 14.2. The molecular weight excluding hydrogens is 276 g/mol. The highest BCUT2D eigenvalue weighted by molar-refractivity contribution is 7.89. The van der Waals surface area contributed by atoms with Crippen molar-refractivity contribution >= 4 is 26.5 Å². The number of sulfonamides is 1. The van der Waals surface area contributed by atoms with Crippen LogP contribution < -0.4 is 5.73 Å². The molecule has 2 aromatic rings. The number of benzene rings is 2. The average Bonchev–Trinajstić information content (AvgIpc) is 2.47. The lowest BCUT2D eigenvalue weighted by atomic mass is 10.1. The quantitative estimate of drug-likeness (QED) is 0.850. The molecule has 3 rings (SSSR count). The number of hydrogen-bond acceptors (Lipinski definition) is 4. The van der Waals surface area contributed by atoms with Crippen LogP contribution in [0.15, 0.2) is 41.3 Å². The highest BCUT2D eigenvalue weighted by Crippen LogP contribution is 2.24. The van der Waals surface area contributed by atoms with E-state index in [-0.39, 0.29) is 0 Å². The van der Waals surface area contributed by atoms with Crippen LogP contribution >= 0.6 is 0 Å². The van der Waals surface area contributed by atoms with Gasteiger partial charge < -0.3 is 10.5 Å². The summed E-state index contributed by atoms with van der Waals surface area (Å²) in [7, 11) is -3.44. The molecule has 5 nitrogen and oxygen atoms in total. The minimum atomic E-state index is -3.44. The molecule has 2 N–H and O–H groups in total. The summed E-state index contributed by atoms with van der Waals surface area (Å²) in [6.45, 7) is 1.71. The lowest BCUT2D eigenvalue weighted by Crippen LogP contribution is -2.40. The Kier molecular flexibility index (Phi) is 3.37. The van der Waals surface area contributed by atoms with Gasteiger partial charge in [0.05, 0.1) is 18.1 Å². The van der Waals surface area contributed by atoms with Crippen molar-refractivity contribution in [3.8, 4) is 0 Å². The molecule has 0 aliphatic carbocycles. The third-order valence-electron chi connectivity index (χ3n) is 3.44. The van der Waals surface area contributed by atoms with Crippen LogP contribution in [0.1, 0.15) is 0 Å². The van der Waals surface area contributed by atoms with E-state index in [4.69, 9.17) is 10.5 Å². The van der Waals surface area contributed by atoms with Crippen molar-refractivity contribution in [2.45, 2.75) is 4.90 Å². The normalized spacial score (nSPS) is 17.4. The largest absolute Gasteiger partial charge is 0.399 e. The van der Waals surface area contributed by atoms with Gasteiger partial charge in [-0.3, -0.25) is 0 Å². The van der Waals surface area contributed by atoms with E-state index in [2.05, 4.69) is 0 Å². The Balaban J connectivity index is 2.02. The minimum Gasteiger partial charge on any atom is -0.399 e. The maximum absolute atomic E-state index is 12.5. The summed E-state index contributed by atoms with van der Waals surface area (Å²) in [5.74, 6) is 0. The van der Waals surface area contributed by atoms with Gasteiger partial charge in [-0.2, -0.15) is 4.31 Å². The SMILES string of the molecule is Nc1ccc2cc(S(=O)(=O)N3CCOCC3)ccc2c1. The Morgan fingerprint density at radius 1 is 1.00 bits per heavy atom. The molecule has 0 amide bonds. The molecule has 1 fully saturated rings.